The van der Waals surface area contributed by atoms with E-state index in [9.17, 15) is 9.59 Å². The molecule has 2 aromatic rings. The number of hydrogen-bond acceptors (Lipinski definition) is 4. The summed E-state index contributed by atoms with van der Waals surface area (Å²) < 4.78 is 6.63. The molecule has 5 rings (SSSR count). The van der Waals surface area contributed by atoms with Crippen LogP contribution < -0.4 is 5.56 Å². The number of hydrogen-bond donors (Lipinski definition) is 0. The topological polar surface area (TPSA) is 61.2 Å². The maximum absolute atomic E-state index is 13.1. The first kappa shape index (κ1) is 15.3. The molecule has 5 nitrogen and oxygen atoms in total. The molecule has 26 heavy (non-hydrogen) atoms. The van der Waals surface area contributed by atoms with Gasteiger partial charge in [0.1, 0.15) is 11.2 Å². The third-order valence-electron chi connectivity index (χ3n) is 5.70. The Balaban J connectivity index is 1.61. The predicted molar refractivity (Wildman–Crippen MR) is 98.3 cm³/mol. The van der Waals surface area contributed by atoms with Crippen LogP contribution >= 0.6 is 0 Å². The van der Waals surface area contributed by atoms with Crippen molar-refractivity contribution >= 4 is 23.7 Å². The summed E-state index contributed by atoms with van der Waals surface area (Å²) in [5.74, 6) is 0.359. The Hall–Kier alpha value is -2.95. The van der Waals surface area contributed by atoms with Crippen LogP contribution in [0.4, 0.5) is 0 Å². The van der Waals surface area contributed by atoms with Crippen LogP contribution in [0.3, 0.4) is 0 Å². The largest absolute Gasteiger partial charge is 0.468 e. The molecule has 2 unspecified atom stereocenters. The zero-order valence-electron chi connectivity index (χ0n) is 14.4. The van der Waals surface area contributed by atoms with E-state index in [-0.39, 0.29) is 17.6 Å². The molecular weight excluding hydrogens is 328 g/mol. The molecule has 0 amide bonds. The second-order valence-corrected chi connectivity index (χ2v) is 7.14. The van der Waals surface area contributed by atoms with Crippen LogP contribution in [0.5, 0.6) is 0 Å². The zero-order chi connectivity index (χ0) is 17.9. The van der Waals surface area contributed by atoms with E-state index in [1.165, 1.54) is 7.11 Å². The monoisotopic (exact) mass is 346 g/mol. The second kappa shape index (κ2) is 5.27. The number of allylic oxidation sites excluding steroid dienone is 1. The van der Waals surface area contributed by atoms with Crippen LogP contribution in [0.2, 0.25) is 0 Å². The van der Waals surface area contributed by atoms with Gasteiger partial charge in [-0.1, -0.05) is 36.4 Å². The van der Waals surface area contributed by atoms with Gasteiger partial charge in [0.15, 0.2) is 0 Å². The third kappa shape index (κ3) is 2.00. The summed E-state index contributed by atoms with van der Waals surface area (Å²) in [6.45, 7) is 0. The van der Waals surface area contributed by atoms with Crippen molar-refractivity contribution in [2.24, 2.45) is 5.41 Å². The highest BCUT2D eigenvalue weighted by Crippen LogP contribution is 2.60. The predicted octanol–water partition coefficient (Wildman–Crippen LogP) is 2.86. The van der Waals surface area contributed by atoms with E-state index < -0.39 is 5.41 Å². The normalized spacial score (nSPS) is 26.2. The Morgan fingerprint density at radius 1 is 1.31 bits per heavy atom. The number of ether oxygens (including phenoxy) is 1. The number of esters is 1. The summed E-state index contributed by atoms with van der Waals surface area (Å²) >= 11 is 0. The van der Waals surface area contributed by atoms with Crippen molar-refractivity contribution < 1.29 is 9.53 Å². The summed E-state index contributed by atoms with van der Waals surface area (Å²) in [5, 5.41) is 0. The average molecular weight is 346 g/mol. The number of rotatable bonds is 2. The number of carbonyl (C=O) groups is 1. The first-order valence-corrected chi connectivity index (χ1v) is 8.83. The van der Waals surface area contributed by atoms with E-state index in [0.717, 1.165) is 28.8 Å². The van der Waals surface area contributed by atoms with Crippen molar-refractivity contribution in [2.75, 3.05) is 7.11 Å². The molecule has 1 aliphatic heterocycles. The van der Waals surface area contributed by atoms with E-state index in [0.29, 0.717) is 18.7 Å². The van der Waals surface area contributed by atoms with Crippen LogP contribution in [0, 0.1) is 5.41 Å². The van der Waals surface area contributed by atoms with Crippen LogP contribution in [0.25, 0.3) is 17.7 Å². The summed E-state index contributed by atoms with van der Waals surface area (Å²) in [6.07, 6.45) is 7.87. The van der Waals surface area contributed by atoms with Gasteiger partial charge in [0.25, 0.3) is 5.56 Å². The molecule has 1 saturated carbocycles. The molecule has 2 heterocycles. The van der Waals surface area contributed by atoms with Gasteiger partial charge >= 0.3 is 5.97 Å². The van der Waals surface area contributed by atoms with Crippen molar-refractivity contribution in [3.05, 3.63) is 69.4 Å². The molecule has 2 atom stereocenters. The number of fused-ring (bicyclic) bond motifs is 4. The number of nitrogens with zero attached hydrogens (tertiary/aromatic N) is 2. The first-order valence-electron chi connectivity index (χ1n) is 8.83. The number of aromatic nitrogens is 2. The highest BCUT2D eigenvalue weighted by molar-refractivity contribution is 5.87. The summed E-state index contributed by atoms with van der Waals surface area (Å²) in [4.78, 5) is 30.0. The maximum atomic E-state index is 13.1. The molecule has 0 saturated heterocycles. The summed E-state index contributed by atoms with van der Waals surface area (Å²) in [5.41, 5.74) is 3.08. The van der Waals surface area contributed by atoms with Crippen LogP contribution in [-0.4, -0.2) is 22.6 Å². The van der Waals surface area contributed by atoms with Gasteiger partial charge < -0.3 is 4.74 Å². The minimum absolute atomic E-state index is 0.0124. The minimum Gasteiger partial charge on any atom is -0.468 e. The molecular formula is C21H18N2O3. The van der Waals surface area contributed by atoms with Gasteiger partial charge in [-0.25, -0.2) is 4.98 Å². The lowest BCUT2D eigenvalue weighted by Gasteiger charge is -2.19. The van der Waals surface area contributed by atoms with Gasteiger partial charge in [-0.05, 0) is 42.6 Å². The van der Waals surface area contributed by atoms with Gasteiger partial charge in [-0.15, -0.1) is 0 Å². The molecule has 0 bridgehead atoms. The molecule has 1 fully saturated rings. The van der Waals surface area contributed by atoms with E-state index in [4.69, 9.17) is 9.72 Å². The van der Waals surface area contributed by atoms with E-state index >= 15 is 0 Å². The lowest BCUT2D eigenvalue weighted by Crippen LogP contribution is -2.32. The standard InChI is InChI=1S/C21H18N2O3/c1-26-20(25)21-10-9-17-22-18-14(11-13-5-3-2-4-6-13)7-8-15(18)19(24)23(17)16(21)12-21/h2-6,9-11,16H,7-8,12H2,1H3. The van der Waals surface area contributed by atoms with Crippen molar-refractivity contribution in [1.82, 2.24) is 9.55 Å². The van der Waals surface area contributed by atoms with Crippen LogP contribution in [0.1, 0.15) is 41.5 Å². The number of benzene rings is 1. The average Bonchev–Trinajstić information content (AvgIpc) is 3.30. The highest BCUT2D eigenvalue weighted by Gasteiger charge is 2.63. The second-order valence-electron chi connectivity index (χ2n) is 7.14. The van der Waals surface area contributed by atoms with Gasteiger partial charge in [-0.3, -0.25) is 14.2 Å². The highest BCUT2D eigenvalue weighted by atomic mass is 16.5. The molecule has 0 N–H and O–H groups in total. The quantitative estimate of drug-likeness (QED) is 0.785. The Labute approximate surface area is 150 Å². The fourth-order valence-corrected chi connectivity index (χ4v) is 4.23. The summed E-state index contributed by atoms with van der Waals surface area (Å²) in [7, 11) is 1.39. The van der Waals surface area contributed by atoms with Crippen molar-refractivity contribution in [3.8, 4) is 0 Å². The van der Waals surface area contributed by atoms with Gasteiger partial charge in [0.2, 0.25) is 0 Å². The Bertz CT molecular complexity index is 1050. The van der Waals surface area contributed by atoms with E-state index in [1.807, 2.05) is 36.4 Å². The molecule has 1 aromatic heterocycles. The molecule has 5 heteroatoms. The molecule has 130 valence electrons. The fraction of sp³-hybridized carbons (Fsp3) is 0.286. The van der Waals surface area contributed by atoms with E-state index in [1.54, 1.807) is 10.6 Å². The fourth-order valence-electron chi connectivity index (χ4n) is 4.23. The third-order valence-corrected chi connectivity index (χ3v) is 5.70. The molecule has 1 aromatic carbocycles. The lowest BCUT2D eigenvalue weighted by molar-refractivity contribution is -0.145. The van der Waals surface area contributed by atoms with E-state index in [2.05, 4.69) is 6.08 Å². The van der Waals surface area contributed by atoms with Crippen LogP contribution in [-0.2, 0) is 16.0 Å². The summed E-state index contributed by atoms with van der Waals surface area (Å²) in [6, 6.07) is 9.91. The zero-order valence-corrected chi connectivity index (χ0v) is 14.4. The molecule has 2 aliphatic carbocycles. The van der Waals surface area contributed by atoms with Gasteiger partial charge in [0, 0.05) is 5.56 Å². The Kier molecular flexibility index (Phi) is 3.11. The molecule has 0 radical (unpaired) electrons. The Morgan fingerprint density at radius 3 is 2.88 bits per heavy atom. The number of carbonyl (C=O) groups excluding carboxylic acids is 1. The van der Waals surface area contributed by atoms with Gasteiger partial charge in [-0.2, -0.15) is 0 Å². The lowest BCUT2D eigenvalue weighted by atomic mass is 10.0. The number of methoxy groups -OCH3 is 1. The van der Waals surface area contributed by atoms with Crippen molar-refractivity contribution in [3.63, 3.8) is 0 Å². The minimum atomic E-state index is -0.678. The smallest absolute Gasteiger partial charge is 0.317 e. The van der Waals surface area contributed by atoms with Gasteiger partial charge in [0.05, 0.1) is 18.8 Å². The van der Waals surface area contributed by atoms with Crippen LogP contribution in [0.15, 0.2) is 41.2 Å². The SMILES string of the molecule is COC(=O)C12C=Cc3nc4c(c(=O)n3C1C2)CCC4=Cc1ccccc1. The maximum Gasteiger partial charge on any atom is 0.317 e. The first-order chi connectivity index (χ1) is 12.6. The molecule has 3 aliphatic rings. The Morgan fingerprint density at radius 2 is 2.12 bits per heavy atom. The van der Waals surface area contributed by atoms with Crippen molar-refractivity contribution in [2.45, 2.75) is 25.3 Å². The van der Waals surface area contributed by atoms with Crippen molar-refractivity contribution in [1.29, 1.82) is 0 Å². The molecule has 0 spiro atoms.